The average Bonchev–Trinajstić information content (AvgIpc) is 3.42. The number of carbonyl (C=O) groups excluding carboxylic acids is 1. The number of nitrogens with one attached hydrogen (secondary N) is 2. The Kier molecular flexibility index (Phi) is 6.32. The van der Waals surface area contributed by atoms with Gasteiger partial charge in [-0.15, -0.1) is 0 Å². The number of imidazole rings is 1. The van der Waals surface area contributed by atoms with Crippen LogP contribution in [0.4, 0.5) is 0 Å². The third-order valence-corrected chi connectivity index (χ3v) is 5.92. The summed E-state index contributed by atoms with van der Waals surface area (Å²) in [4.78, 5) is 20.6. The molecule has 1 aliphatic rings. The number of aromatic nitrogens is 2. The van der Waals surface area contributed by atoms with Gasteiger partial charge in [-0.3, -0.25) is 4.79 Å². The first-order chi connectivity index (χ1) is 14.2. The standard InChI is InChI=1S/C23H25N3O2S/c1-16-9-11-18(12-10-16)22-25-21(17-6-3-2-4-7-17)23(26-22)29-15-20(27)24-14-19-8-5-13-28-19/h2-4,6-7,9-12,19H,5,8,13-15H2,1H3,(H,24,27)(H,25,26)/t19-/m0/s1. The van der Waals surface area contributed by atoms with Crippen molar-refractivity contribution in [2.45, 2.75) is 30.9 Å². The van der Waals surface area contributed by atoms with Crippen LogP contribution in [0.25, 0.3) is 22.6 Å². The molecule has 1 aromatic heterocycles. The molecule has 0 unspecified atom stereocenters. The maximum Gasteiger partial charge on any atom is 0.230 e. The molecule has 5 nitrogen and oxygen atoms in total. The van der Waals surface area contributed by atoms with Gasteiger partial charge in [-0.25, -0.2) is 4.98 Å². The smallest absolute Gasteiger partial charge is 0.230 e. The fraction of sp³-hybridized carbons (Fsp3) is 0.304. The van der Waals surface area contributed by atoms with Gasteiger partial charge in [0.2, 0.25) is 5.91 Å². The number of hydrogen-bond donors (Lipinski definition) is 2. The zero-order valence-corrected chi connectivity index (χ0v) is 17.3. The fourth-order valence-corrected chi connectivity index (χ4v) is 4.17. The normalized spacial score (nSPS) is 16.1. The van der Waals surface area contributed by atoms with Gasteiger partial charge in [0.25, 0.3) is 0 Å². The van der Waals surface area contributed by atoms with Crippen molar-refractivity contribution in [3.05, 3.63) is 60.2 Å². The van der Waals surface area contributed by atoms with Crippen molar-refractivity contribution in [2.75, 3.05) is 18.9 Å². The molecule has 0 spiro atoms. The zero-order valence-electron chi connectivity index (χ0n) is 16.5. The predicted octanol–water partition coefficient (Wildman–Crippen LogP) is 4.44. The average molecular weight is 408 g/mol. The van der Waals surface area contributed by atoms with Crippen molar-refractivity contribution in [3.63, 3.8) is 0 Å². The van der Waals surface area contributed by atoms with Crippen LogP contribution in [0.15, 0.2) is 59.6 Å². The van der Waals surface area contributed by atoms with E-state index >= 15 is 0 Å². The van der Waals surface area contributed by atoms with Crippen molar-refractivity contribution in [1.29, 1.82) is 0 Å². The quantitative estimate of drug-likeness (QED) is 0.568. The summed E-state index contributed by atoms with van der Waals surface area (Å²) in [5, 5.41) is 3.81. The van der Waals surface area contributed by atoms with Gasteiger partial charge in [0.05, 0.1) is 17.6 Å². The second-order valence-electron chi connectivity index (χ2n) is 7.23. The van der Waals surface area contributed by atoms with Crippen LogP contribution < -0.4 is 5.32 Å². The number of ether oxygens (including phenoxy) is 1. The molecule has 3 aromatic rings. The number of thioether (sulfide) groups is 1. The first-order valence-corrected chi connectivity index (χ1v) is 10.9. The number of amides is 1. The molecular formula is C23H25N3O2S. The number of H-pyrrole nitrogens is 1. The van der Waals surface area contributed by atoms with Gasteiger partial charge in [0.15, 0.2) is 0 Å². The molecule has 1 saturated heterocycles. The van der Waals surface area contributed by atoms with Crippen molar-refractivity contribution in [3.8, 4) is 22.6 Å². The summed E-state index contributed by atoms with van der Waals surface area (Å²) in [6.45, 7) is 3.45. The molecule has 6 heteroatoms. The van der Waals surface area contributed by atoms with Gasteiger partial charge in [-0.1, -0.05) is 71.9 Å². The lowest BCUT2D eigenvalue weighted by atomic mass is 10.1. The molecule has 1 amide bonds. The van der Waals surface area contributed by atoms with Crippen LogP contribution in [-0.4, -0.2) is 40.9 Å². The maximum absolute atomic E-state index is 12.3. The summed E-state index contributed by atoms with van der Waals surface area (Å²) in [6, 6.07) is 18.4. The van der Waals surface area contributed by atoms with Gasteiger partial charge < -0.3 is 15.0 Å². The molecule has 1 aliphatic heterocycles. The minimum atomic E-state index is 0.00407. The van der Waals surface area contributed by atoms with Crippen LogP contribution in [0.3, 0.4) is 0 Å². The third-order valence-electron chi connectivity index (χ3n) is 4.95. The molecule has 2 N–H and O–H groups in total. The second kappa shape index (κ2) is 9.29. The summed E-state index contributed by atoms with van der Waals surface area (Å²) in [7, 11) is 0. The largest absolute Gasteiger partial charge is 0.376 e. The second-order valence-corrected chi connectivity index (χ2v) is 8.19. The highest BCUT2D eigenvalue weighted by Crippen LogP contribution is 2.32. The Morgan fingerprint density at radius 1 is 1.17 bits per heavy atom. The van der Waals surface area contributed by atoms with E-state index in [4.69, 9.17) is 9.72 Å². The van der Waals surface area contributed by atoms with Crippen molar-refractivity contribution < 1.29 is 9.53 Å². The summed E-state index contributed by atoms with van der Waals surface area (Å²) in [5.41, 5.74) is 4.24. The van der Waals surface area contributed by atoms with E-state index in [1.54, 1.807) is 0 Å². The van der Waals surface area contributed by atoms with Gasteiger partial charge >= 0.3 is 0 Å². The Labute approximate surface area is 175 Å². The van der Waals surface area contributed by atoms with E-state index in [1.165, 1.54) is 17.3 Å². The minimum absolute atomic E-state index is 0.00407. The van der Waals surface area contributed by atoms with Gasteiger partial charge in [0, 0.05) is 24.3 Å². The number of aryl methyl sites for hydroxylation is 1. The lowest BCUT2D eigenvalue weighted by Gasteiger charge is -2.10. The molecule has 0 saturated carbocycles. The van der Waals surface area contributed by atoms with E-state index in [0.717, 1.165) is 47.1 Å². The van der Waals surface area contributed by atoms with Crippen LogP contribution >= 0.6 is 11.8 Å². The van der Waals surface area contributed by atoms with Crippen molar-refractivity contribution >= 4 is 17.7 Å². The van der Waals surface area contributed by atoms with Crippen LogP contribution in [0, 0.1) is 6.92 Å². The Hall–Kier alpha value is -2.57. The topological polar surface area (TPSA) is 67.0 Å². The number of aromatic amines is 1. The molecule has 0 bridgehead atoms. The highest BCUT2D eigenvalue weighted by molar-refractivity contribution is 8.00. The van der Waals surface area contributed by atoms with E-state index in [9.17, 15) is 4.79 Å². The minimum Gasteiger partial charge on any atom is -0.376 e. The molecule has 2 heterocycles. The number of carbonyl (C=O) groups is 1. The molecular weight excluding hydrogens is 382 g/mol. The van der Waals surface area contributed by atoms with Crippen LogP contribution in [0.2, 0.25) is 0 Å². The number of rotatable bonds is 7. The van der Waals surface area contributed by atoms with E-state index in [2.05, 4.69) is 41.5 Å². The molecule has 1 atom stereocenters. The highest BCUT2D eigenvalue weighted by atomic mass is 32.2. The monoisotopic (exact) mass is 407 g/mol. The van der Waals surface area contributed by atoms with Gasteiger partial charge in [-0.05, 0) is 19.8 Å². The molecule has 0 aliphatic carbocycles. The van der Waals surface area contributed by atoms with E-state index in [0.29, 0.717) is 12.3 Å². The van der Waals surface area contributed by atoms with Crippen LogP contribution in [0.1, 0.15) is 18.4 Å². The van der Waals surface area contributed by atoms with Gasteiger partial charge in [-0.2, -0.15) is 0 Å². The Morgan fingerprint density at radius 2 is 1.97 bits per heavy atom. The fourth-order valence-electron chi connectivity index (χ4n) is 3.33. The molecule has 1 fully saturated rings. The number of hydrogen-bond acceptors (Lipinski definition) is 4. The Morgan fingerprint density at radius 3 is 2.69 bits per heavy atom. The van der Waals surface area contributed by atoms with E-state index in [-0.39, 0.29) is 12.0 Å². The lowest BCUT2D eigenvalue weighted by Crippen LogP contribution is -2.32. The SMILES string of the molecule is Cc1ccc(-c2nc(SCC(=O)NC[C@@H]3CCCO3)c(-c3ccccc3)[nH]2)cc1. The Bertz CT molecular complexity index is 948. The maximum atomic E-state index is 12.3. The number of nitrogens with zero attached hydrogens (tertiary/aromatic N) is 1. The first kappa shape index (κ1) is 19.7. The van der Waals surface area contributed by atoms with E-state index in [1.807, 2.05) is 30.3 Å². The summed E-state index contributed by atoms with van der Waals surface area (Å²) in [6.07, 6.45) is 2.25. The van der Waals surface area contributed by atoms with Gasteiger partial charge in [0.1, 0.15) is 10.9 Å². The van der Waals surface area contributed by atoms with E-state index < -0.39 is 0 Å². The molecule has 2 aromatic carbocycles. The Balaban J connectivity index is 1.49. The molecule has 0 radical (unpaired) electrons. The predicted molar refractivity (Wildman–Crippen MR) is 117 cm³/mol. The number of benzene rings is 2. The summed E-state index contributed by atoms with van der Waals surface area (Å²) in [5.74, 6) is 1.14. The van der Waals surface area contributed by atoms with Crippen LogP contribution in [0.5, 0.6) is 0 Å². The highest BCUT2D eigenvalue weighted by Gasteiger charge is 2.18. The summed E-state index contributed by atoms with van der Waals surface area (Å²) < 4.78 is 5.56. The zero-order chi connectivity index (χ0) is 20.1. The third kappa shape index (κ3) is 5.08. The van der Waals surface area contributed by atoms with Crippen molar-refractivity contribution in [2.24, 2.45) is 0 Å². The lowest BCUT2D eigenvalue weighted by molar-refractivity contribution is -0.119. The molecule has 4 rings (SSSR count). The molecule has 29 heavy (non-hydrogen) atoms. The van der Waals surface area contributed by atoms with Crippen LogP contribution in [-0.2, 0) is 9.53 Å². The first-order valence-electron chi connectivity index (χ1n) is 9.92. The summed E-state index contributed by atoms with van der Waals surface area (Å²) >= 11 is 1.46. The molecule has 150 valence electrons. The van der Waals surface area contributed by atoms with Crippen molar-refractivity contribution in [1.82, 2.24) is 15.3 Å².